The van der Waals surface area contributed by atoms with Gasteiger partial charge in [-0.05, 0) is 77.0 Å². The van der Waals surface area contributed by atoms with E-state index in [9.17, 15) is 14.4 Å². The third kappa shape index (κ3) is 41.8. The van der Waals surface area contributed by atoms with Crippen molar-refractivity contribution in [3.05, 3.63) is 72.9 Å². The fourth-order valence-electron chi connectivity index (χ4n) is 5.84. The number of unbranched alkanes of at least 4 members (excludes halogenated alkanes) is 17. The topological polar surface area (TPSA) is 78.9 Å². The molecule has 0 spiro atoms. The highest BCUT2D eigenvalue weighted by Gasteiger charge is 2.19. The van der Waals surface area contributed by atoms with Crippen LogP contribution < -0.4 is 0 Å². The predicted molar refractivity (Wildman–Crippen MR) is 233 cm³/mol. The van der Waals surface area contributed by atoms with Crippen LogP contribution in [-0.4, -0.2) is 37.2 Å². The van der Waals surface area contributed by atoms with Crippen molar-refractivity contribution < 1.29 is 28.6 Å². The lowest BCUT2D eigenvalue weighted by Gasteiger charge is -2.18. The molecule has 0 aromatic heterocycles. The van der Waals surface area contributed by atoms with Crippen LogP contribution >= 0.6 is 0 Å². The predicted octanol–water partition coefficient (Wildman–Crippen LogP) is 14.3. The van der Waals surface area contributed by atoms with Crippen LogP contribution in [0.25, 0.3) is 0 Å². The summed E-state index contributed by atoms with van der Waals surface area (Å²) < 4.78 is 16.5. The Morgan fingerprint density at radius 1 is 0.400 bits per heavy atom. The molecule has 0 aliphatic heterocycles. The number of rotatable bonds is 39. The summed E-state index contributed by atoms with van der Waals surface area (Å²) in [6.07, 6.45) is 53.6. The lowest BCUT2D eigenvalue weighted by molar-refractivity contribution is -0.166. The molecule has 1 atom stereocenters. The Balaban J connectivity index is 4.50. The lowest BCUT2D eigenvalue weighted by atomic mass is 10.1. The first-order valence-electron chi connectivity index (χ1n) is 22.4. The Morgan fingerprint density at radius 2 is 0.818 bits per heavy atom. The Kier molecular flexibility index (Phi) is 41.1. The van der Waals surface area contributed by atoms with Crippen LogP contribution in [0.5, 0.6) is 0 Å². The molecule has 0 aliphatic rings. The van der Waals surface area contributed by atoms with Crippen LogP contribution in [0.4, 0.5) is 0 Å². The minimum atomic E-state index is -0.840. The highest BCUT2D eigenvalue weighted by Crippen LogP contribution is 2.12. The normalized spacial score (nSPS) is 12.7. The smallest absolute Gasteiger partial charge is 0.309 e. The van der Waals surface area contributed by atoms with Crippen molar-refractivity contribution >= 4 is 17.9 Å². The number of esters is 3. The van der Waals surface area contributed by atoms with E-state index in [4.69, 9.17) is 14.2 Å². The van der Waals surface area contributed by atoms with Gasteiger partial charge in [0.1, 0.15) is 13.2 Å². The molecule has 0 radical (unpaired) electrons. The third-order valence-corrected chi connectivity index (χ3v) is 9.21. The lowest BCUT2D eigenvalue weighted by Crippen LogP contribution is -2.30. The highest BCUT2D eigenvalue weighted by atomic mass is 16.6. The third-order valence-electron chi connectivity index (χ3n) is 9.21. The maximum atomic E-state index is 12.7. The van der Waals surface area contributed by atoms with Crippen molar-refractivity contribution in [1.82, 2.24) is 0 Å². The summed E-state index contributed by atoms with van der Waals surface area (Å²) >= 11 is 0. The summed E-state index contributed by atoms with van der Waals surface area (Å²) in [5.41, 5.74) is 0. The molecule has 1 unspecified atom stereocenters. The number of carbonyl (C=O) groups is 3. The van der Waals surface area contributed by atoms with Crippen molar-refractivity contribution in [1.29, 1.82) is 0 Å². The molecular formula is C49H82O6. The van der Waals surface area contributed by atoms with Crippen LogP contribution in [0.2, 0.25) is 0 Å². The average molecular weight is 767 g/mol. The van der Waals surface area contributed by atoms with Gasteiger partial charge in [-0.2, -0.15) is 0 Å². The molecule has 314 valence electrons. The van der Waals surface area contributed by atoms with Gasteiger partial charge < -0.3 is 14.2 Å². The number of ether oxygens (including phenoxy) is 3. The Bertz CT molecular complexity index is 1070. The van der Waals surface area contributed by atoms with E-state index in [0.29, 0.717) is 12.8 Å². The van der Waals surface area contributed by atoms with Gasteiger partial charge in [-0.3, -0.25) is 14.4 Å². The zero-order chi connectivity index (χ0) is 40.1. The Morgan fingerprint density at radius 3 is 1.38 bits per heavy atom. The molecule has 0 heterocycles. The van der Waals surface area contributed by atoms with Crippen LogP contribution in [0.15, 0.2) is 72.9 Å². The molecule has 6 heteroatoms. The molecule has 6 nitrogen and oxygen atoms in total. The quantitative estimate of drug-likeness (QED) is 0.0268. The SMILES string of the molecule is CC/C=C\C/C=C\C/C=C\CC(=O)OCC(COC(=O)CCCCCCCCC/C=C\CCCCCC)OC(=O)CC/C=C\C/C=C\CCCCCCCC. The van der Waals surface area contributed by atoms with Crippen LogP contribution in [0.1, 0.15) is 201 Å². The average Bonchev–Trinajstić information content (AvgIpc) is 3.18. The maximum Gasteiger partial charge on any atom is 0.309 e. The van der Waals surface area contributed by atoms with E-state index in [-0.39, 0.29) is 32.0 Å². The van der Waals surface area contributed by atoms with E-state index in [0.717, 1.165) is 51.4 Å². The van der Waals surface area contributed by atoms with E-state index in [1.165, 1.54) is 103 Å². The molecule has 0 saturated heterocycles. The van der Waals surface area contributed by atoms with Crippen LogP contribution in [0.3, 0.4) is 0 Å². The highest BCUT2D eigenvalue weighted by molar-refractivity contribution is 5.72. The first kappa shape index (κ1) is 51.9. The molecule has 0 rings (SSSR count). The molecule has 0 aromatic rings. The maximum absolute atomic E-state index is 12.7. The molecule has 0 bridgehead atoms. The van der Waals surface area contributed by atoms with Gasteiger partial charge in [-0.1, -0.05) is 177 Å². The summed E-state index contributed by atoms with van der Waals surface area (Å²) in [7, 11) is 0. The largest absolute Gasteiger partial charge is 0.462 e. The van der Waals surface area contributed by atoms with Crippen molar-refractivity contribution in [2.24, 2.45) is 0 Å². The zero-order valence-corrected chi connectivity index (χ0v) is 35.7. The fourth-order valence-corrected chi connectivity index (χ4v) is 5.84. The van der Waals surface area contributed by atoms with Gasteiger partial charge in [-0.15, -0.1) is 0 Å². The summed E-state index contributed by atoms with van der Waals surface area (Å²) in [6, 6.07) is 0. The van der Waals surface area contributed by atoms with Gasteiger partial charge in [-0.25, -0.2) is 0 Å². The first-order valence-corrected chi connectivity index (χ1v) is 22.4. The second-order valence-electron chi connectivity index (χ2n) is 14.6. The Labute approximate surface area is 338 Å². The van der Waals surface area contributed by atoms with Gasteiger partial charge in [0.15, 0.2) is 6.10 Å². The van der Waals surface area contributed by atoms with E-state index in [2.05, 4.69) is 75.5 Å². The second kappa shape index (κ2) is 43.6. The molecule has 0 aromatic carbocycles. The van der Waals surface area contributed by atoms with E-state index in [1.807, 2.05) is 12.2 Å². The number of hydrogen-bond acceptors (Lipinski definition) is 6. The number of hydrogen-bond donors (Lipinski definition) is 0. The minimum absolute atomic E-state index is 0.123. The van der Waals surface area contributed by atoms with Crippen molar-refractivity contribution in [2.75, 3.05) is 13.2 Å². The summed E-state index contributed by atoms with van der Waals surface area (Å²) in [5, 5.41) is 0. The molecular weight excluding hydrogens is 685 g/mol. The van der Waals surface area contributed by atoms with E-state index >= 15 is 0 Å². The van der Waals surface area contributed by atoms with Crippen molar-refractivity contribution in [3.8, 4) is 0 Å². The number of carbonyl (C=O) groups excluding carboxylic acids is 3. The molecule has 0 saturated carbocycles. The van der Waals surface area contributed by atoms with Gasteiger partial charge in [0.2, 0.25) is 0 Å². The number of allylic oxidation sites excluding steroid dienone is 11. The minimum Gasteiger partial charge on any atom is -0.462 e. The summed E-state index contributed by atoms with van der Waals surface area (Å²) in [5.74, 6) is -1.14. The standard InChI is InChI=1S/C49H82O6/c1-4-7-10-13-16-19-21-23-24-26-27-30-33-36-39-42-48(51)54-45-46(44-53-47(50)41-38-35-32-29-18-15-12-9-6-3)55-49(52)43-40-37-34-31-28-25-22-20-17-14-11-8-5-2/h9,12,18-19,21,25,28-29,34-35,37-38,46H,4-8,10-11,13-17,20,22-24,26-27,30-33,36,39-45H2,1-3H3/b12-9-,21-19-,28-25-,29-18-,37-34-,38-35-. The summed E-state index contributed by atoms with van der Waals surface area (Å²) in [6.45, 7) is 6.32. The zero-order valence-electron chi connectivity index (χ0n) is 35.7. The van der Waals surface area contributed by atoms with E-state index < -0.39 is 18.0 Å². The fraction of sp³-hybridized carbons (Fsp3) is 0.694. The summed E-state index contributed by atoms with van der Waals surface area (Å²) in [4.78, 5) is 37.5. The van der Waals surface area contributed by atoms with Crippen molar-refractivity contribution in [2.45, 2.75) is 207 Å². The van der Waals surface area contributed by atoms with Gasteiger partial charge in [0, 0.05) is 12.8 Å². The van der Waals surface area contributed by atoms with Crippen LogP contribution in [-0.2, 0) is 28.6 Å². The van der Waals surface area contributed by atoms with E-state index in [1.54, 1.807) is 6.08 Å². The molecule has 0 N–H and O–H groups in total. The molecule has 0 aliphatic carbocycles. The Hall–Kier alpha value is -3.15. The molecule has 0 fully saturated rings. The van der Waals surface area contributed by atoms with Gasteiger partial charge in [0.25, 0.3) is 0 Å². The second-order valence-corrected chi connectivity index (χ2v) is 14.6. The molecule has 55 heavy (non-hydrogen) atoms. The van der Waals surface area contributed by atoms with Gasteiger partial charge in [0.05, 0.1) is 6.42 Å². The van der Waals surface area contributed by atoms with Crippen LogP contribution in [0, 0.1) is 0 Å². The van der Waals surface area contributed by atoms with Crippen molar-refractivity contribution in [3.63, 3.8) is 0 Å². The van der Waals surface area contributed by atoms with Gasteiger partial charge >= 0.3 is 17.9 Å². The molecule has 0 amide bonds. The first-order chi connectivity index (χ1) is 27.0. The monoisotopic (exact) mass is 767 g/mol.